The molecule has 0 saturated carbocycles. The summed E-state index contributed by atoms with van der Waals surface area (Å²) in [5.41, 5.74) is 0. The van der Waals surface area contributed by atoms with Gasteiger partial charge in [-0.25, -0.2) is 18.0 Å². The molecule has 138 valence electrons. The molecule has 3 heterocycles. The molecule has 10 nitrogen and oxygen atoms in total. The summed E-state index contributed by atoms with van der Waals surface area (Å²) in [5, 5.41) is 5.03. The summed E-state index contributed by atoms with van der Waals surface area (Å²) in [4.78, 5) is 50.4. The predicted octanol–water partition coefficient (Wildman–Crippen LogP) is -0.999. The van der Waals surface area contributed by atoms with Crippen LogP contribution in [0.1, 0.15) is 38.5 Å². The van der Waals surface area contributed by atoms with Crippen molar-refractivity contribution in [1.82, 2.24) is 15.7 Å². The Bertz CT molecular complexity index is 704. The maximum atomic E-state index is 12.1. The fourth-order valence-electron chi connectivity index (χ4n) is 3.43. The molecule has 0 unspecified atom stereocenters. The molecular formula is C14H19N3O7S. The summed E-state index contributed by atoms with van der Waals surface area (Å²) in [6.45, 7) is 0. The van der Waals surface area contributed by atoms with Crippen molar-refractivity contribution in [2.45, 2.75) is 55.9 Å². The molecule has 3 fully saturated rings. The lowest BCUT2D eigenvalue weighted by atomic mass is 10.0. The van der Waals surface area contributed by atoms with Gasteiger partial charge in [0.1, 0.15) is 0 Å². The van der Waals surface area contributed by atoms with Crippen molar-refractivity contribution >= 4 is 33.7 Å². The minimum absolute atomic E-state index is 0.0253. The van der Waals surface area contributed by atoms with Crippen LogP contribution in [0.4, 0.5) is 4.79 Å². The van der Waals surface area contributed by atoms with E-state index >= 15 is 0 Å². The number of carbonyl (C=O) groups is 4. The lowest BCUT2D eigenvalue weighted by Crippen LogP contribution is -2.39. The van der Waals surface area contributed by atoms with Crippen molar-refractivity contribution in [3.63, 3.8) is 0 Å². The smallest absolute Gasteiger partial charge is 0.332 e. The predicted molar refractivity (Wildman–Crippen MR) is 82.5 cm³/mol. The van der Waals surface area contributed by atoms with Crippen LogP contribution in [0.2, 0.25) is 0 Å². The Balaban J connectivity index is 1.43. The second-order valence-electron chi connectivity index (χ2n) is 6.41. The highest BCUT2D eigenvalue weighted by Crippen LogP contribution is 2.28. The molecule has 0 aliphatic carbocycles. The number of hydroxylamine groups is 2. The van der Waals surface area contributed by atoms with Gasteiger partial charge in [-0.15, -0.1) is 5.06 Å². The molecule has 3 rings (SSSR count). The number of nitrogens with one attached hydrogen (secondary N) is 2. The van der Waals surface area contributed by atoms with Gasteiger partial charge in [-0.3, -0.25) is 9.59 Å². The first-order valence-electron chi connectivity index (χ1n) is 8.13. The van der Waals surface area contributed by atoms with Crippen molar-refractivity contribution in [3.8, 4) is 0 Å². The van der Waals surface area contributed by atoms with Gasteiger partial charge in [0.05, 0.1) is 23.1 Å². The highest BCUT2D eigenvalue weighted by Gasteiger charge is 2.51. The molecule has 11 heteroatoms. The summed E-state index contributed by atoms with van der Waals surface area (Å²) in [7, 11) is -3.29. The van der Waals surface area contributed by atoms with Crippen LogP contribution < -0.4 is 10.6 Å². The third kappa shape index (κ3) is 3.60. The highest BCUT2D eigenvalue weighted by molar-refractivity contribution is 7.92. The lowest BCUT2D eigenvalue weighted by Gasteiger charge is -2.16. The molecule has 0 aromatic carbocycles. The van der Waals surface area contributed by atoms with Gasteiger partial charge in [0.25, 0.3) is 11.8 Å². The fourth-order valence-corrected chi connectivity index (χ4v) is 5.69. The number of rotatable bonds is 6. The number of nitrogens with zero attached hydrogens (tertiary/aromatic N) is 1. The van der Waals surface area contributed by atoms with E-state index < -0.39 is 45.0 Å². The lowest BCUT2D eigenvalue weighted by molar-refractivity contribution is -0.197. The average molecular weight is 373 g/mol. The van der Waals surface area contributed by atoms with Gasteiger partial charge in [-0.2, -0.15) is 0 Å². The van der Waals surface area contributed by atoms with Gasteiger partial charge >= 0.3 is 12.0 Å². The van der Waals surface area contributed by atoms with E-state index in [2.05, 4.69) is 10.6 Å². The summed E-state index contributed by atoms with van der Waals surface area (Å²) in [6, 6.07) is -1.21. The van der Waals surface area contributed by atoms with Crippen LogP contribution in [0, 0.1) is 0 Å². The quantitative estimate of drug-likeness (QED) is 0.346. The van der Waals surface area contributed by atoms with E-state index in [1.165, 1.54) is 0 Å². The van der Waals surface area contributed by atoms with E-state index in [-0.39, 0.29) is 31.0 Å². The molecule has 0 aromatic rings. The van der Waals surface area contributed by atoms with Gasteiger partial charge < -0.3 is 15.5 Å². The SMILES string of the molecule is O=C1N[C@H]2[C@H](CS(=O)(=O)[C@H]2CCCCC(=O)ON2C(=O)CCC2=O)N1. The van der Waals surface area contributed by atoms with Crippen molar-refractivity contribution in [2.24, 2.45) is 0 Å². The van der Waals surface area contributed by atoms with Crippen LogP contribution in [0.15, 0.2) is 0 Å². The second kappa shape index (κ2) is 6.62. The van der Waals surface area contributed by atoms with Crippen LogP contribution in [-0.2, 0) is 29.1 Å². The van der Waals surface area contributed by atoms with E-state index in [1.807, 2.05) is 0 Å². The first-order chi connectivity index (χ1) is 11.8. The Morgan fingerprint density at radius 3 is 2.48 bits per heavy atom. The molecule has 3 atom stereocenters. The van der Waals surface area contributed by atoms with E-state index in [1.54, 1.807) is 0 Å². The van der Waals surface area contributed by atoms with Crippen molar-refractivity contribution in [1.29, 1.82) is 0 Å². The van der Waals surface area contributed by atoms with E-state index in [0.717, 1.165) is 0 Å². The molecule has 3 aliphatic heterocycles. The molecule has 3 aliphatic rings. The molecule has 0 bridgehead atoms. The fraction of sp³-hybridized carbons (Fsp3) is 0.714. The van der Waals surface area contributed by atoms with Crippen LogP contribution in [0.5, 0.6) is 0 Å². The summed E-state index contributed by atoms with van der Waals surface area (Å²) in [5.74, 6) is -1.86. The van der Waals surface area contributed by atoms with E-state index in [9.17, 15) is 27.6 Å². The summed E-state index contributed by atoms with van der Waals surface area (Å²) < 4.78 is 24.3. The number of imide groups is 1. The average Bonchev–Trinajstić information content (AvgIpc) is 3.09. The number of hydrogen-bond acceptors (Lipinski definition) is 7. The van der Waals surface area contributed by atoms with Crippen LogP contribution >= 0.6 is 0 Å². The largest absolute Gasteiger partial charge is 0.333 e. The monoisotopic (exact) mass is 373 g/mol. The number of unbranched alkanes of at least 4 members (excludes halogenated alkanes) is 1. The Kier molecular flexibility index (Phi) is 4.67. The molecule has 2 N–H and O–H groups in total. The Hall–Kier alpha value is -2.17. The zero-order valence-electron chi connectivity index (χ0n) is 13.4. The van der Waals surface area contributed by atoms with Crippen LogP contribution in [-0.4, -0.2) is 60.4 Å². The van der Waals surface area contributed by atoms with E-state index in [4.69, 9.17) is 4.84 Å². The van der Waals surface area contributed by atoms with E-state index in [0.29, 0.717) is 24.3 Å². The third-order valence-corrected chi connectivity index (χ3v) is 6.92. The number of sulfone groups is 1. The molecule has 25 heavy (non-hydrogen) atoms. The molecule has 0 aromatic heterocycles. The first-order valence-corrected chi connectivity index (χ1v) is 9.84. The Morgan fingerprint density at radius 1 is 1.12 bits per heavy atom. The normalized spacial score (nSPS) is 30.2. The number of carbonyl (C=O) groups excluding carboxylic acids is 4. The third-order valence-electron chi connectivity index (χ3n) is 4.64. The van der Waals surface area contributed by atoms with Gasteiger partial charge in [0.2, 0.25) is 0 Å². The minimum Gasteiger partial charge on any atom is -0.332 e. The summed E-state index contributed by atoms with van der Waals surface area (Å²) >= 11 is 0. The standard InChI is InChI=1S/C14H19N3O7S/c18-10-5-6-11(19)17(10)24-12(20)4-2-1-3-9-13-8(7-25(9,22)23)15-14(21)16-13/h8-9,13H,1-7H2,(H2,15,16,21)/t8-,9-,13-/m0/s1. The van der Waals surface area contributed by atoms with Crippen molar-refractivity contribution in [2.75, 3.05) is 5.75 Å². The Labute approximate surface area is 144 Å². The van der Waals surface area contributed by atoms with Crippen molar-refractivity contribution in [3.05, 3.63) is 0 Å². The maximum absolute atomic E-state index is 12.1. The zero-order chi connectivity index (χ0) is 18.2. The topological polar surface area (TPSA) is 139 Å². The number of fused-ring (bicyclic) bond motifs is 1. The first kappa shape index (κ1) is 17.6. The van der Waals surface area contributed by atoms with Gasteiger partial charge in [0, 0.05) is 19.3 Å². The second-order valence-corrected chi connectivity index (χ2v) is 8.67. The molecule has 4 amide bonds. The highest BCUT2D eigenvalue weighted by atomic mass is 32.2. The van der Waals surface area contributed by atoms with Gasteiger partial charge in [-0.05, 0) is 12.8 Å². The molecule has 3 saturated heterocycles. The molecule has 0 spiro atoms. The number of amides is 4. The summed E-state index contributed by atoms with van der Waals surface area (Å²) in [6.07, 6.45) is 1.17. The molecular weight excluding hydrogens is 354 g/mol. The minimum atomic E-state index is -3.29. The zero-order valence-corrected chi connectivity index (χ0v) is 14.2. The molecule has 0 radical (unpaired) electrons. The number of hydrogen-bond donors (Lipinski definition) is 2. The van der Waals surface area contributed by atoms with Gasteiger partial charge in [0.15, 0.2) is 9.84 Å². The van der Waals surface area contributed by atoms with Crippen LogP contribution in [0.3, 0.4) is 0 Å². The van der Waals surface area contributed by atoms with Crippen molar-refractivity contribution < 1.29 is 32.4 Å². The Morgan fingerprint density at radius 2 is 1.80 bits per heavy atom. The maximum Gasteiger partial charge on any atom is 0.333 e. The number of urea groups is 1. The van der Waals surface area contributed by atoms with Gasteiger partial charge in [-0.1, -0.05) is 6.42 Å². The van der Waals surface area contributed by atoms with Crippen LogP contribution in [0.25, 0.3) is 0 Å².